The topological polar surface area (TPSA) is 89.5 Å². The molecule has 0 fully saturated rings. The van der Waals surface area contributed by atoms with Crippen molar-refractivity contribution in [2.45, 2.75) is 338 Å². The van der Waals surface area contributed by atoms with Crippen LogP contribution in [-0.4, -0.2) is 45.3 Å². The van der Waals surface area contributed by atoms with Gasteiger partial charge < -0.3 is 24.5 Å². The molecule has 0 aliphatic heterocycles. The first kappa shape index (κ1) is 63.8. The van der Waals surface area contributed by atoms with E-state index < -0.39 is 24.0 Å². The number of carboxylic acid groups (broad SMARTS) is 2. The number of carbonyl (C=O) groups is 2. The van der Waals surface area contributed by atoms with E-state index in [1.54, 1.807) is 21.7 Å². The number of rotatable bonds is 52. The van der Waals surface area contributed by atoms with Crippen LogP contribution in [0.2, 0.25) is 8.87 Å². The van der Waals surface area contributed by atoms with Gasteiger partial charge in [-0.3, -0.25) is 0 Å². The maximum atomic E-state index is 11.6. The molecule has 0 rings (SSSR count). The zero-order chi connectivity index (χ0) is 45.7. The molecule has 62 heavy (non-hydrogen) atoms. The van der Waals surface area contributed by atoms with E-state index >= 15 is 0 Å². The van der Waals surface area contributed by atoms with Gasteiger partial charge in [-0.25, -0.2) is 0 Å². The van der Waals surface area contributed by atoms with Crippen LogP contribution in [0.1, 0.15) is 323 Å². The van der Waals surface area contributed by atoms with E-state index in [4.69, 9.17) is 4.74 Å². The summed E-state index contributed by atoms with van der Waals surface area (Å²) in [5.41, 5.74) is -1.74. The quantitative estimate of drug-likeness (QED) is 0.0447. The minimum absolute atomic E-state index is 0.00985. The summed E-state index contributed by atoms with van der Waals surface area (Å²) in [5.74, 6) is -2.84. The molecule has 0 aromatic carbocycles. The number of carboxylic acids is 2. The Morgan fingerprint density at radius 1 is 0.355 bits per heavy atom. The standard InChI is InChI=1S/C20H38O5.2C18H37.Sn/c1-3-5-7-9-11-13-15-20(19(23)24,17-18(21)22)25-16-14-12-10-8-6-4-2;2*1-3-5-7-9-11-13-15-17-18-16-14-12-10-8-6-4-2;/h3-17H2,1-2H3,(H,21,22)(H,23,24);2*1,3-18H2,2H3;/q;;;+2/p-2. The first-order valence-electron chi connectivity index (χ1n) is 28.2. The van der Waals surface area contributed by atoms with Crippen molar-refractivity contribution in [3.63, 3.8) is 0 Å². The first-order chi connectivity index (χ1) is 30.4. The second kappa shape index (κ2) is 55.0. The van der Waals surface area contributed by atoms with Crippen LogP contribution in [0.15, 0.2) is 0 Å². The van der Waals surface area contributed by atoms with Gasteiger partial charge in [-0.1, -0.05) is 163 Å². The second-order valence-electron chi connectivity index (χ2n) is 19.3. The number of unbranched alkanes of at least 4 members (excludes halogenated alkanes) is 40. The average Bonchev–Trinajstić information content (AvgIpc) is 3.26. The molecule has 0 aliphatic rings. The number of hydrogen-bond donors (Lipinski definition) is 0. The Hall–Kier alpha value is -0.301. The summed E-state index contributed by atoms with van der Waals surface area (Å²) in [4.78, 5) is 22.6. The Kier molecular flexibility index (Phi) is 56.6. The van der Waals surface area contributed by atoms with E-state index in [2.05, 4.69) is 27.7 Å². The summed E-state index contributed by atoms with van der Waals surface area (Å²) in [6.07, 6.45) is 59.7. The molecule has 0 heterocycles. The van der Waals surface area contributed by atoms with Gasteiger partial charge >= 0.3 is 171 Å². The van der Waals surface area contributed by atoms with Gasteiger partial charge in [-0.15, -0.1) is 0 Å². The molecule has 0 aromatic rings. The van der Waals surface area contributed by atoms with Crippen molar-refractivity contribution >= 4 is 33.1 Å². The van der Waals surface area contributed by atoms with E-state index in [9.17, 15) is 19.8 Å². The van der Waals surface area contributed by atoms with E-state index in [0.29, 0.717) is 6.42 Å². The van der Waals surface area contributed by atoms with Crippen LogP contribution in [0.25, 0.3) is 0 Å². The fourth-order valence-corrected chi connectivity index (χ4v) is 12.3. The van der Waals surface area contributed by atoms with Crippen molar-refractivity contribution in [1.82, 2.24) is 0 Å². The Bertz CT molecular complexity index is 833. The monoisotopic (exact) mass is 983 g/mol. The normalized spacial score (nSPS) is 12.2. The summed E-state index contributed by atoms with van der Waals surface area (Å²) in [6, 6.07) is 0. The minimum atomic E-state index is -1.74. The SMILES string of the molecule is CCCCCCCCCCCCCCCCC[CH2][Sn+2][CH2]CCCCCCCCCCCCCCCCC.CCCCCCCCOC(CCCCCCCC)(CC(=O)[O-])C(=O)[O-]. The summed E-state index contributed by atoms with van der Waals surface area (Å²) < 4.78 is 8.89. The summed E-state index contributed by atoms with van der Waals surface area (Å²) in [7, 11) is 0. The molecule has 0 saturated carbocycles. The van der Waals surface area contributed by atoms with Crippen LogP contribution in [0.4, 0.5) is 0 Å². The van der Waals surface area contributed by atoms with Gasteiger partial charge in [-0.05, 0) is 12.8 Å². The third-order valence-corrected chi connectivity index (χ3v) is 17.1. The molecule has 1 unspecified atom stereocenters. The Morgan fingerprint density at radius 2 is 0.597 bits per heavy atom. The fourth-order valence-electron chi connectivity index (χ4n) is 8.74. The van der Waals surface area contributed by atoms with Crippen LogP contribution in [0, 0.1) is 0 Å². The van der Waals surface area contributed by atoms with Gasteiger partial charge in [0.25, 0.3) is 0 Å². The maximum absolute atomic E-state index is 11.6. The Balaban J connectivity index is 0. The predicted octanol–water partition coefficient (Wildman–Crippen LogP) is 16.8. The molecule has 5 nitrogen and oxygen atoms in total. The van der Waals surface area contributed by atoms with Crippen molar-refractivity contribution < 1.29 is 24.5 Å². The van der Waals surface area contributed by atoms with Crippen molar-refractivity contribution in [3.05, 3.63) is 0 Å². The van der Waals surface area contributed by atoms with Crippen LogP contribution in [-0.2, 0) is 14.3 Å². The van der Waals surface area contributed by atoms with Gasteiger partial charge in [0.05, 0.1) is 5.97 Å². The van der Waals surface area contributed by atoms with Gasteiger partial charge in [0.2, 0.25) is 0 Å². The number of ether oxygens (including phenoxy) is 1. The Morgan fingerprint density at radius 3 is 0.855 bits per heavy atom. The second-order valence-corrected chi connectivity index (χ2v) is 23.6. The minimum Gasteiger partial charge on any atom is -0.550 e. The Labute approximate surface area is 399 Å². The van der Waals surface area contributed by atoms with Crippen molar-refractivity contribution in [2.75, 3.05) is 6.61 Å². The smallest absolute Gasteiger partial charge is 0.550 e. The van der Waals surface area contributed by atoms with Crippen molar-refractivity contribution in [1.29, 1.82) is 0 Å². The molecule has 0 amide bonds. The van der Waals surface area contributed by atoms with Crippen LogP contribution < -0.4 is 10.2 Å². The summed E-state index contributed by atoms with van der Waals surface area (Å²) in [5, 5.41) is 22.6. The number of aliphatic carboxylic acids is 2. The van der Waals surface area contributed by atoms with Crippen LogP contribution in [0.3, 0.4) is 0 Å². The number of carbonyl (C=O) groups excluding carboxylic acids is 2. The molecular weight excluding hydrogens is 871 g/mol. The van der Waals surface area contributed by atoms with Crippen molar-refractivity contribution in [2.24, 2.45) is 0 Å². The van der Waals surface area contributed by atoms with Crippen LogP contribution >= 0.6 is 0 Å². The molecule has 0 saturated heterocycles. The summed E-state index contributed by atoms with van der Waals surface area (Å²) in [6.45, 7) is 9.16. The molecule has 6 heteroatoms. The van der Waals surface area contributed by atoms with E-state index in [1.165, 1.54) is 218 Å². The molecular formula is C56H110O5Sn. The molecule has 0 aliphatic carbocycles. The summed E-state index contributed by atoms with van der Waals surface area (Å²) >= 11 is 0.00985. The van der Waals surface area contributed by atoms with E-state index in [1.807, 2.05) is 0 Å². The van der Waals surface area contributed by atoms with E-state index in [-0.39, 0.29) is 34.2 Å². The molecule has 0 spiro atoms. The predicted molar refractivity (Wildman–Crippen MR) is 269 cm³/mol. The first-order valence-corrected chi connectivity index (χ1v) is 32.2. The average molecular weight is 982 g/mol. The molecule has 0 N–H and O–H groups in total. The third-order valence-electron chi connectivity index (χ3n) is 13.0. The molecule has 0 aromatic heterocycles. The molecule has 0 radical (unpaired) electrons. The molecule has 368 valence electrons. The van der Waals surface area contributed by atoms with Crippen LogP contribution in [0.5, 0.6) is 0 Å². The van der Waals surface area contributed by atoms with Crippen molar-refractivity contribution in [3.8, 4) is 0 Å². The molecule has 0 bridgehead atoms. The van der Waals surface area contributed by atoms with Gasteiger partial charge in [0.1, 0.15) is 5.60 Å². The van der Waals surface area contributed by atoms with Gasteiger partial charge in [0, 0.05) is 19.0 Å². The van der Waals surface area contributed by atoms with E-state index in [0.717, 1.165) is 44.9 Å². The fraction of sp³-hybridized carbons (Fsp3) is 0.964. The zero-order valence-corrected chi connectivity index (χ0v) is 45.5. The third kappa shape index (κ3) is 50.7. The zero-order valence-electron chi connectivity index (χ0n) is 42.7. The number of hydrogen-bond acceptors (Lipinski definition) is 5. The molecule has 1 atom stereocenters. The van der Waals surface area contributed by atoms with Gasteiger partial charge in [-0.2, -0.15) is 0 Å². The van der Waals surface area contributed by atoms with Gasteiger partial charge in [0.15, 0.2) is 0 Å².